The zero-order valence-corrected chi connectivity index (χ0v) is 17.7. The number of benzene rings is 1. The van der Waals surface area contributed by atoms with E-state index < -0.39 is 9.84 Å². The number of sulfone groups is 1. The highest BCUT2D eigenvalue weighted by atomic mass is 35.5. The highest BCUT2D eigenvalue weighted by molar-refractivity contribution is 7.91. The number of nitrogens with two attached hydrogens (primary N) is 1. The Morgan fingerprint density at radius 2 is 1.97 bits per heavy atom. The summed E-state index contributed by atoms with van der Waals surface area (Å²) in [7, 11) is -3.57. The first-order valence-electron chi connectivity index (χ1n) is 9.76. The van der Waals surface area contributed by atoms with Gasteiger partial charge in [0.2, 0.25) is 5.91 Å². The number of halogens is 2. The van der Waals surface area contributed by atoms with Crippen molar-refractivity contribution < 1.29 is 22.3 Å². The predicted molar refractivity (Wildman–Crippen MR) is 109 cm³/mol. The van der Waals surface area contributed by atoms with E-state index in [2.05, 4.69) is 0 Å². The molecule has 1 amide bonds. The van der Waals surface area contributed by atoms with Crippen LogP contribution in [0.3, 0.4) is 0 Å². The SMILES string of the molecule is NCC(=CF)COc1ccc(S(=O)(=O)CC2CCN(C(=O)C3CC3)CC2)c(Cl)c1. The summed E-state index contributed by atoms with van der Waals surface area (Å²) < 4.78 is 43.6. The lowest BCUT2D eigenvalue weighted by molar-refractivity contribution is -0.133. The van der Waals surface area contributed by atoms with Crippen molar-refractivity contribution >= 4 is 27.3 Å². The van der Waals surface area contributed by atoms with Crippen LogP contribution in [0.4, 0.5) is 4.39 Å². The molecule has 2 aliphatic rings. The van der Waals surface area contributed by atoms with E-state index in [0.717, 1.165) is 12.8 Å². The molecule has 0 radical (unpaired) electrons. The van der Waals surface area contributed by atoms with Gasteiger partial charge in [-0.2, -0.15) is 0 Å². The van der Waals surface area contributed by atoms with Crippen molar-refractivity contribution in [3.63, 3.8) is 0 Å². The molecule has 1 saturated carbocycles. The van der Waals surface area contributed by atoms with E-state index in [0.29, 0.717) is 38.0 Å². The Kier molecular flexibility index (Phi) is 7.19. The second-order valence-corrected chi connectivity index (χ2v) is 10.1. The summed E-state index contributed by atoms with van der Waals surface area (Å²) >= 11 is 6.20. The third-order valence-electron chi connectivity index (χ3n) is 5.39. The molecule has 0 spiro atoms. The van der Waals surface area contributed by atoms with Gasteiger partial charge in [-0.1, -0.05) is 11.6 Å². The number of ether oxygens (including phenoxy) is 1. The number of carbonyl (C=O) groups excluding carboxylic acids is 1. The third-order valence-corrected chi connectivity index (χ3v) is 7.75. The summed E-state index contributed by atoms with van der Waals surface area (Å²) in [5.74, 6) is 0.743. The van der Waals surface area contributed by atoms with Gasteiger partial charge in [-0.15, -0.1) is 0 Å². The van der Waals surface area contributed by atoms with Gasteiger partial charge in [-0.3, -0.25) is 4.79 Å². The molecule has 1 aliphatic carbocycles. The average molecular weight is 445 g/mol. The van der Waals surface area contributed by atoms with E-state index in [1.807, 2.05) is 4.90 Å². The largest absolute Gasteiger partial charge is 0.489 e. The molecule has 6 nitrogen and oxygen atoms in total. The Morgan fingerprint density at radius 1 is 1.28 bits per heavy atom. The highest BCUT2D eigenvalue weighted by Gasteiger charge is 2.35. The smallest absolute Gasteiger partial charge is 0.225 e. The van der Waals surface area contributed by atoms with E-state index in [9.17, 15) is 17.6 Å². The predicted octanol–water partition coefficient (Wildman–Crippen LogP) is 2.95. The highest BCUT2D eigenvalue weighted by Crippen LogP contribution is 2.33. The van der Waals surface area contributed by atoms with Gasteiger partial charge in [-0.05, 0) is 43.7 Å². The van der Waals surface area contributed by atoms with Crippen LogP contribution in [0.2, 0.25) is 5.02 Å². The van der Waals surface area contributed by atoms with Gasteiger partial charge in [0, 0.05) is 37.2 Å². The number of carbonyl (C=O) groups is 1. The molecule has 0 bridgehead atoms. The Labute approximate surface area is 175 Å². The van der Waals surface area contributed by atoms with Gasteiger partial charge < -0.3 is 15.4 Å². The molecular weight excluding hydrogens is 419 g/mol. The molecule has 0 aromatic heterocycles. The molecule has 1 aromatic rings. The minimum Gasteiger partial charge on any atom is -0.489 e. The van der Waals surface area contributed by atoms with Crippen LogP contribution in [0, 0.1) is 11.8 Å². The van der Waals surface area contributed by atoms with Gasteiger partial charge >= 0.3 is 0 Å². The molecule has 0 unspecified atom stereocenters. The van der Waals surface area contributed by atoms with Crippen molar-refractivity contribution in [3.8, 4) is 5.75 Å². The maximum Gasteiger partial charge on any atom is 0.225 e. The monoisotopic (exact) mass is 444 g/mol. The van der Waals surface area contributed by atoms with Crippen LogP contribution in [-0.4, -0.2) is 51.2 Å². The van der Waals surface area contributed by atoms with Crippen LogP contribution in [0.25, 0.3) is 0 Å². The van der Waals surface area contributed by atoms with Crippen molar-refractivity contribution in [2.75, 3.05) is 32.0 Å². The summed E-state index contributed by atoms with van der Waals surface area (Å²) in [6.45, 7) is 1.22. The van der Waals surface area contributed by atoms with Crippen molar-refractivity contribution in [2.24, 2.45) is 17.6 Å². The number of piperidine rings is 1. The average Bonchev–Trinajstić information content (AvgIpc) is 3.54. The van der Waals surface area contributed by atoms with Crippen LogP contribution in [-0.2, 0) is 14.6 Å². The Hall–Kier alpha value is -1.64. The standard InChI is InChI=1S/C20H26ClFN2O4S/c21-18-9-17(28-12-15(10-22)11-23)3-4-19(18)29(26,27)13-14-5-7-24(8-6-14)20(25)16-1-2-16/h3-4,9-10,14,16H,1-2,5-8,11-13,23H2. The molecular formula is C20H26ClFN2O4S. The topological polar surface area (TPSA) is 89.7 Å². The maximum atomic E-state index is 12.8. The van der Waals surface area contributed by atoms with Gasteiger partial charge in [0.05, 0.1) is 22.0 Å². The number of hydrogen-bond acceptors (Lipinski definition) is 5. The van der Waals surface area contributed by atoms with E-state index >= 15 is 0 Å². The first-order valence-corrected chi connectivity index (χ1v) is 11.8. The molecule has 9 heteroatoms. The lowest BCUT2D eigenvalue weighted by atomic mass is 9.98. The first kappa shape index (κ1) is 22.1. The van der Waals surface area contributed by atoms with Crippen molar-refractivity contribution in [2.45, 2.75) is 30.6 Å². The molecule has 1 aromatic carbocycles. The summed E-state index contributed by atoms with van der Waals surface area (Å²) in [6.07, 6.45) is 3.69. The first-order chi connectivity index (χ1) is 13.8. The number of nitrogens with zero attached hydrogens (tertiary/aromatic N) is 1. The van der Waals surface area contributed by atoms with Gasteiger partial charge in [0.25, 0.3) is 0 Å². The molecule has 1 saturated heterocycles. The van der Waals surface area contributed by atoms with Gasteiger partial charge in [0.1, 0.15) is 12.4 Å². The molecule has 1 heterocycles. The maximum absolute atomic E-state index is 12.8. The molecule has 2 fully saturated rings. The van der Waals surface area contributed by atoms with E-state index in [4.69, 9.17) is 22.1 Å². The van der Waals surface area contributed by atoms with E-state index in [1.165, 1.54) is 18.2 Å². The fourth-order valence-electron chi connectivity index (χ4n) is 3.44. The summed E-state index contributed by atoms with van der Waals surface area (Å²) in [5, 5.41) is 0.0716. The number of hydrogen-bond donors (Lipinski definition) is 1. The lowest BCUT2D eigenvalue weighted by Gasteiger charge is -2.32. The van der Waals surface area contributed by atoms with Crippen molar-refractivity contribution in [1.29, 1.82) is 0 Å². The Balaban J connectivity index is 1.58. The molecule has 3 rings (SSSR count). The Morgan fingerprint density at radius 3 is 2.52 bits per heavy atom. The molecule has 0 atom stereocenters. The minimum atomic E-state index is -3.57. The van der Waals surface area contributed by atoms with E-state index in [-0.39, 0.29) is 52.1 Å². The van der Waals surface area contributed by atoms with Crippen LogP contribution in [0.15, 0.2) is 35.0 Å². The number of likely N-dealkylation sites (tertiary alicyclic amines) is 1. The lowest BCUT2D eigenvalue weighted by Crippen LogP contribution is -2.40. The Bertz CT molecular complexity index is 878. The summed E-state index contributed by atoms with van der Waals surface area (Å²) in [4.78, 5) is 14.1. The van der Waals surface area contributed by atoms with Crippen LogP contribution < -0.4 is 10.5 Å². The summed E-state index contributed by atoms with van der Waals surface area (Å²) in [5.41, 5.74) is 5.66. The van der Waals surface area contributed by atoms with Crippen molar-refractivity contribution in [1.82, 2.24) is 4.90 Å². The minimum absolute atomic E-state index is 0.000291. The fourth-order valence-corrected chi connectivity index (χ4v) is 5.73. The van der Waals surface area contributed by atoms with Crippen molar-refractivity contribution in [3.05, 3.63) is 35.1 Å². The number of amides is 1. The zero-order valence-electron chi connectivity index (χ0n) is 16.1. The molecule has 29 heavy (non-hydrogen) atoms. The molecule has 1 aliphatic heterocycles. The molecule has 2 N–H and O–H groups in total. The van der Waals surface area contributed by atoms with Crippen LogP contribution in [0.1, 0.15) is 25.7 Å². The fraction of sp³-hybridized carbons (Fsp3) is 0.550. The quantitative estimate of drug-likeness (QED) is 0.665. The zero-order chi connectivity index (χ0) is 21.0. The van der Waals surface area contributed by atoms with Gasteiger partial charge in [0.15, 0.2) is 9.84 Å². The van der Waals surface area contributed by atoms with Crippen LogP contribution in [0.5, 0.6) is 5.75 Å². The summed E-state index contributed by atoms with van der Waals surface area (Å²) in [6, 6.07) is 4.33. The third kappa shape index (κ3) is 5.71. The van der Waals surface area contributed by atoms with Crippen LogP contribution >= 0.6 is 11.6 Å². The molecule has 160 valence electrons. The second kappa shape index (κ2) is 9.45. The normalized spacial score (nSPS) is 18.7. The second-order valence-electron chi connectivity index (χ2n) is 7.68. The number of rotatable bonds is 8. The van der Waals surface area contributed by atoms with E-state index in [1.54, 1.807) is 0 Å². The van der Waals surface area contributed by atoms with Gasteiger partial charge in [-0.25, -0.2) is 12.8 Å².